The van der Waals surface area contributed by atoms with E-state index >= 15 is 0 Å². The molecule has 2 aromatic rings. The highest BCUT2D eigenvalue weighted by molar-refractivity contribution is 7.98. The summed E-state index contributed by atoms with van der Waals surface area (Å²) in [5.41, 5.74) is 1.24. The lowest BCUT2D eigenvalue weighted by Crippen LogP contribution is -2.07. The Kier molecular flexibility index (Phi) is 5.49. The van der Waals surface area contributed by atoms with Crippen molar-refractivity contribution < 1.29 is 4.74 Å². The largest absolute Gasteiger partial charge is 0.497 e. The first-order chi connectivity index (χ1) is 9.71. The van der Waals surface area contributed by atoms with Crippen LogP contribution in [0.3, 0.4) is 0 Å². The number of anilines is 1. The number of ether oxygens (including phenoxy) is 1. The number of benzene rings is 1. The minimum absolute atomic E-state index is 0.455. The number of hydrogen-bond acceptors (Lipinski definition) is 5. The molecule has 0 aliphatic rings. The zero-order valence-electron chi connectivity index (χ0n) is 11.4. The van der Waals surface area contributed by atoms with Gasteiger partial charge in [-0.1, -0.05) is 35.5 Å². The van der Waals surface area contributed by atoms with Crippen LogP contribution in [0.2, 0.25) is 5.15 Å². The molecule has 106 valence electrons. The van der Waals surface area contributed by atoms with Gasteiger partial charge < -0.3 is 10.1 Å². The molecule has 1 heterocycles. The van der Waals surface area contributed by atoms with Crippen molar-refractivity contribution in [2.24, 2.45) is 0 Å². The number of aromatic nitrogens is 2. The predicted molar refractivity (Wildman–Crippen MR) is 84.0 cm³/mol. The second-order valence-corrected chi connectivity index (χ2v) is 5.25. The van der Waals surface area contributed by atoms with E-state index in [0.29, 0.717) is 10.3 Å². The summed E-state index contributed by atoms with van der Waals surface area (Å²) in [6, 6.07) is 9.77. The van der Waals surface area contributed by atoms with Gasteiger partial charge in [-0.05, 0) is 30.4 Å². The minimum atomic E-state index is 0.455. The normalized spacial score (nSPS) is 10.3. The van der Waals surface area contributed by atoms with Gasteiger partial charge in [0.25, 0.3) is 0 Å². The number of nitrogens with one attached hydrogen (secondary N) is 1. The summed E-state index contributed by atoms with van der Waals surface area (Å²) >= 11 is 7.41. The molecule has 2 rings (SSSR count). The topological polar surface area (TPSA) is 47.0 Å². The Hall–Kier alpha value is -1.46. The molecule has 0 atom stereocenters. The Bertz CT molecular complexity index is 563. The van der Waals surface area contributed by atoms with Crippen LogP contribution >= 0.6 is 23.4 Å². The van der Waals surface area contributed by atoms with E-state index in [0.717, 1.165) is 24.5 Å². The molecule has 0 radical (unpaired) electrons. The van der Waals surface area contributed by atoms with Crippen molar-refractivity contribution in [3.05, 3.63) is 41.0 Å². The van der Waals surface area contributed by atoms with E-state index in [-0.39, 0.29) is 0 Å². The van der Waals surface area contributed by atoms with Crippen molar-refractivity contribution in [3.8, 4) is 5.75 Å². The first-order valence-electron chi connectivity index (χ1n) is 6.16. The third-order valence-electron chi connectivity index (χ3n) is 2.74. The lowest BCUT2D eigenvalue weighted by Gasteiger charge is -2.07. The Balaban J connectivity index is 1.90. The fourth-order valence-electron chi connectivity index (χ4n) is 1.71. The van der Waals surface area contributed by atoms with E-state index in [1.807, 2.05) is 18.4 Å². The van der Waals surface area contributed by atoms with Gasteiger partial charge in [-0.25, -0.2) is 9.97 Å². The monoisotopic (exact) mass is 309 g/mol. The van der Waals surface area contributed by atoms with E-state index in [4.69, 9.17) is 16.3 Å². The maximum absolute atomic E-state index is 5.94. The van der Waals surface area contributed by atoms with E-state index < -0.39 is 0 Å². The van der Waals surface area contributed by atoms with E-state index in [1.165, 1.54) is 17.3 Å². The van der Waals surface area contributed by atoms with Crippen molar-refractivity contribution >= 4 is 29.2 Å². The molecule has 1 aromatic carbocycles. The lowest BCUT2D eigenvalue weighted by molar-refractivity contribution is 0.414. The third kappa shape index (κ3) is 4.28. The molecular formula is C14H16ClN3OS. The Morgan fingerprint density at radius 3 is 2.65 bits per heavy atom. The quantitative estimate of drug-likeness (QED) is 0.502. The van der Waals surface area contributed by atoms with Gasteiger partial charge in [0.2, 0.25) is 0 Å². The number of nitrogens with zero attached hydrogens (tertiary/aromatic N) is 2. The predicted octanol–water partition coefficient (Wildman–Crippen LogP) is 3.52. The van der Waals surface area contributed by atoms with Gasteiger partial charge in [-0.2, -0.15) is 0 Å². The molecule has 0 fully saturated rings. The minimum Gasteiger partial charge on any atom is -0.497 e. The summed E-state index contributed by atoms with van der Waals surface area (Å²) < 4.78 is 5.13. The van der Waals surface area contributed by atoms with Crippen LogP contribution < -0.4 is 10.1 Å². The van der Waals surface area contributed by atoms with Gasteiger partial charge in [-0.3, -0.25) is 0 Å². The molecule has 1 aromatic heterocycles. The highest BCUT2D eigenvalue weighted by Gasteiger charge is 2.02. The first-order valence-corrected chi connectivity index (χ1v) is 7.77. The standard InChI is InChI=1S/C14H16ClN3OS/c1-19-11-5-3-10(4-6-11)7-8-16-13-9-12(15)17-14(18-13)20-2/h3-6,9H,7-8H2,1-2H3,(H,16,17,18). The molecule has 0 aliphatic carbocycles. The van der Waals surface area contributed by atoms with Crippen molar-refractivity contribution in [2.45, 2.75) is 11.6 Å². The van der Waals surface area contributed by atoms with Crippen LogP contribution in [-0.2, 0) is 6.42 Å². The molecule has 4 nitrogen and oxygen atoms in total. The highest BCUT2D eigenvalue weighted by atomic mass is 35.5. The zero-order chi connectivity index (χ0) is 14.4. The second-order valence-electron chi connectivity index (χ2n) is 4.09. The Labute approximate surface area is 127 Å². The summed E-state index contributed by atoms with van der Waals surface area (Å²) in [4.78, 5) is 8.45. The van der Waals surface area contributed by atoms with E-state index in [1.54, 1.807) is 13.2 Å². The van der Waals surface area contributed by atoms with Crippen LogP contribution in [0.5, 0.6) is 5.75 Å². The fraction of sp³-hybridized carbons (Fsp3) is 0.286. The Morgan fingerprint density at radius 1 is 1.25 bits per heavy atom. The maximum Gasteiger partial charge on any atom is 0.190 e. The van der Waals surface area contributed by atoms with Crippen molar-refractivity contribution in [1.29, 1.82) is 0 Å². The van der Waals surface area contributed by atoms with Crippen LogP contribution in [0.1, 0.15) is 5.56 Å². The van der Waals surface area contributed by atoms with Crippen molar-refractivity contribution in [1.82, 2.24) is 9.97 Å². The lowest BCUT2D eigenvalue weighted by atomic mass is 10.1. The molecule has 0 spiro atoms. The molecule has 20 heavy (non-hydrogen) atoms. The van der Waals surface area contributed by atoms with Crippen molar-refractivity contribution in [2.75, 3.05) is 25.2 Å². The van der Waals surface area contributed by atoms with Gasteiger partial charge in [0.15, 0.2) is 5.16 Å². The summed E-state index contributed by atoms with van der Waals surface area (Å²) in [5, 5.41) is 4.38. The third-order valence-corrected chi connectivity index (χ3v) is 3.48. The number of rotatable bonds is 6. The van der Waals surface area contributed by atoms with E-state index in [9.17, 15) is 0 Å². The number of methoxy groups -OCH3 is 1. The van der Waals surface area contributed by atoms with Gasteiger partial charge in [0, 0.05) is 12.6 Å². The van der Waals surface area contributed by atoms with Crippen LogP contribution in [0, 0.1) is 0 Å². The summed E-state index contributed by atoms with van der Waals surface area (Å²) in [5.74, 6) is 1.62. The molecule has 0 saturated heterocycles. The molecule has 0 unspecified atom stereocenters. The molecule has 0 saturated carbocycles. The van der Waals surface area contributed by atoms with Crippen molar-refractivity contribution in [3.63, 3.8) is 0 Å². The second kappa shape index (κ2) is 7.36. The maximum atomic E-state index is 5.94. The summed E-state index contributed by atoms with van der Waals surface area (Å²) in [6.07, 6.45) is 2.83. The molecule has 1 N–H and O–H groups in total. The van der Waals surface area contributed by atoms with Gasteiger partial charge in [-0.15, -0.1) is 0 Å². The SMILES string of the molecule is COc1ccc(CCNc2cc(Cl)nc(SC)n2)cc1. The summed E-state index contributed by atoms with van der Waals surface area (Å²) in [6.45, 7) is 0.785. The fourth-order valence-corrected chi connectivity index (χ4v) is 2.32. The van der Waals surface area contributed by atoms with Crippen LogP contribution in [-0.4, -0.2) is 29.9 Å². The first kappa shape index (κ1) is 14.9. The van der Waals surface area contributed by atoms with Crippen LogP contribution in [0.4, 0.5) is 5.82 Å². The number of halogens is 1. The number of thioether (sulfide) groups is 1. The average molecular weight is 310 g/mol. The van der Waals surface area contributed by atoms with Crippen LogP contribution in [0.25, 0.3) is 0 Å². The zero-order valence-corrected chi connectivity index (χ0v) is 13.0. The molecule has 0 amide bonds. The van der Waals surface area contributed by atoms with Gasteiger partial charge >= 0.3 is 0 Å². The molecule has 0 bridgehead atoms. The molecular weight excluding hydrogens is 294 g/mol. The Morgan fingerprint density at radius 2 is 2.00 bits per heavy atom. The highest BCUT2D eigenvalue weighted by Crippen LogP contribution is 2.17. The smallest absolute Gasteiger partial charge is 0.190 e. The van der Waals surface area contributed by atoms with Crippen LogP contribution in [0.15, 0.2) is 35.5 Å². The molecule has 6 heteroatoms. The summed E-state index contributed by atoms with van der Waals surface area (Å²) in [7, 11) is 1.67. The number of hydrogen-bond donors (Lipinski definition) is 1. The van der Waals surface area contributed by atoms with Gasteiger partial charge in [0.05, 0.1) is 7.11 Å². The van der Waals surface area contributed by atoms with E-state index in [2.05, 4.69) is 27.4 Å². The molecule has 0 aliphatic heterocycles. The van der Waals surface area contributed by atoms with Gasteiger partial charge in [0.1, 0.15) is 16.7 Å². The average Bonchev–Trinajstić information content (AvgIpc) is 2.47.